The average molecular weight is 345 g/mol. The highest BCUT2D eigenvalue weighted by molar-refractivity contribution is 9.09. The van der Waals surface area contributed by atoms with Crippen molar-refractivity contribution in [3.05, 3.63) is 29.3 Å². The molecular weight excluding hydrogens is 324 g/mol. The quantitative estimate of drug-likeness (QED) is 0.736. The maximum Gasteiger partial charge on any atom is 0.178 e. The third kappa shape index (κ3) is 3.60. The number of aryl methyl sites for hydroxylation is 2. The predicted molar refractivity (Wildman–Crippen MR) is 82.7 cm³/mol. The predicted octanol–water partition coefficient (Wildman–Crippen LogP) is 3.76. The van der Waals surface area contributed by atoms with Gasteiger partial charge in [-0.1, -0.05) is 35.3 Å². The molecule has 1 unspecified atom stereocenters. The second-order valence-electron chi connectivity index (χ2n) is 5.37. The zero-order valence-corrected chi connectivity index (χ0v) is 13.8. The van der Waals surface area contributed by atoms with Crippen molar-refractivity contribution in [2.45, 2.75) is 43.9 Å². The monoisotopic (exact) mass is 344 g/mol. The first-order valence-electron chi connectivity index (χ1n) is 6.97. The molecule has 0 saturated heterocycles. The van der Waals surface area contributed by atoms with Crippen LogP contribution in [0.15, 0.2) is 23.1 Å². The van der Waals surface area contributed by atoms with Crippen molar-refractivity contribution in [3.8, 4) is 0 Å². The van der Waals surface area contributed by atoms with Crippen molar-refractivity contribution in [1.29, 1.82) is 0 Å². The van der Waals surface area contributed by atoms with Crippen LogP contribution in [0.2, 0.25) is 0 Å². The third-order valence-corrected chi connectivity index (χ3v) is 6.60. The zero-order valence-electron chi connectivity index (χ0n) is 11.4. The molecule has 0 heterocycles. The Labute approximate surface area is 124 Å². The first-order valence-corrected chi connectivity index (χ1v) is 9.74. The average Bonchev–Trinajstić information content (AvgIpc) is 2.85. The minimum atomic E-state index is -3.15. The van der Waals surface area contributed by atoms with Gasteiger partial charge in [0.1, 0.15) is 0 Å². The van der Waals surface area contributed by atoms with E-state index in [2.05, 4.69) is 22.9 Å². The van der Waals surface area contributed by atoms with Crippen LogP contribution in [-0.2, 0) is 22.7 Å². The van der Waals surface area contributed by atoms with Crippen molar-refractivity contribution >= 4 is 25.8 Å². The van der Waals surface area contributed by atoms with Crippen molar-refractivity contribution in [3.63, 3.8) is 0 Å². The molecule has 0 spiro atoms. The van der Waals surface area contributed by atoms with E-state index in [-0.39, 0.29) is 11.7 Å². The Morgan fingerprint density at radius 1 is 1.26 bits per heavy atom. The second-order valence-corrected chi connectivity index (χ2v) is 8.06. The fourth-order valence-electron chi connectivity index (χ4n) is 2.76. The Morgan fingerprint density at radius 2 is 2.00 bits per heavy atom. The van der Waals surface area contributed by atoms with E-state index in [1.807, 2.05) is 12.1 Å². The van der Waals surface area contributed by atoms with Crippen LogP contribution in [0.25, 0.3) is 0 Å². The minimum absolute atomic E-state index is 0.211. The molecule has 1 aliphatic carbocycles. The second kappa shape index (κ2) is 6.40. The summed E-state index contributed by atoms with van der Waals surface area (Å²) in [4.78, 5) is 0.509. The smallest absolute Gasteiger partial charge is 0.178 e. The molecule has 1 atom stereocenters. The molecule has 0 fully saturated rings. The fraction of sp³-hybridized carbons (Fsp3) is 0.600. The van der Waals surface area contributed by atoms with E-state index in [0.29, 0.717) is 4.90 Å². The molecule has 0 radical (unpaired) electrons. The number of benzene rings is 1. The number of hydrogen-bond acceptors (Lipinski definition) is 2. The number of hydrogen-bond donors (Lipinski definition) is 0. The molecule has 4 heteroatoms. The fourth-order valence-corrected chi connectivity index (χ4v) is 5.31. The first-order chi connectivity index (χ1) is 9.06. The van der Waals surface area contributed by atoms with Crippen LogP contribution in [0.1, 0.15) is 37.3 Å². The molecule has 1 aliphatic rings. The maximum absolute atomic E-state index is 12.5. The van der Waals surface area contributed by atoms with Crippen molar-refractivity contribution in [1.82, 2.24) is 0 Å². The summed E-state index contributed by atoms with van der Waals surface area (Å²) < 4.78 is 24.9. The van der Waals surface area contributed by atoms with Gasteiger partial charge >= 0.3 is 0 Å². The number of fused-ring (bicyclic) bond motifs is 1. The van der Waals surface area contributed by atoms with Crippen LogP contribution >= 0.6 is 15.9 Å². The number of halogens is 1. The van der Waals surface area contributed by atoms with Crippen LogP contribution < -0.4 is 0 Å². The minimum Gasteiger partial charge on any atom is -0.224 e. The third-order valence-electron chi connectivity index (χ3n) is 3.80. The van der Waals surface area contributed by atoms with Gasteiger partial charge in [0.05, 0.1) is 10.6 Å². The molecule has 2 rings (SSSR count). The largest absolute Gasteiger partial charge is 0.224 e. The standard InChI is InChI=1S/C15H21BrO2S/c1-2-4-12(10-16)11-19(17,18)15-8-7-13-5-3-6-14(13)9-15/h7-9,12H,2-6,10-11H2,1H3. The van der Waals surface area contributed by atoms with Crippen LogP contribution in [0.4, 0.5) is 0 Å². The number of rotatable bonds is 6. The normalized spacial score (nSPS) is 16.3. The maximum atomic E-state index is 12.5. The molecule has 1 aromatic carbocycles. The molecular formula is C15H21BrO2S. The summed E-state index contributed by atoms with van der Waals surface area (Å²) in [7, 11) is -3.15. The molecule has 0 saturated carbocycles. The SMILES string of the molecule is CCCC(CBr)CS(=O)(=O)c1ccc2c(c1)CCC2. The van der Waals surface area contributed by atoms with Gasteiger partial charge in [0.2, 0.25) is 0 Å². The molecule has 106 valence electrons. The molecule has 19 heavy (non-hydrogen) atoms. The van der Waals surface area contributed by atoms with Crippen molar-refractivity contribution in [2.75, 3.05) is 11.1 Å². The first kappa shape index (κ1) is 15.0. The van der Waals surface area contributed by atoms with Crippen molar-refractivity contribution < 1.29 is 8.42 Å². The van der Waals surface area contributed by atoms with Gasteiger partial charge in [-0.05, 0) is 54.9 Å². The van der Waals surface area contributed by atoms with E-state index in [9.17, 15) is 8.42 Å². The summed E-state index contributed by atoms with van der Waals surface area (Å²) in [6.45, 7) is 2.09. The number of sulfone groups is 1. The molecule has 0 N–H and O–H groups in total. The van der Waals surface area contributed by atoms with Crippen LogP contribution in [0, 0.1) is 5.92 Å². The molecule has 0 aliphatic heterocycles. The van der Waals surface area contributed by atoms with Gasteiger partial charge in [-0.2, -0.15) is 0 Å². The molecule has 0 amide bonds. The topological polar surface area (TPSA) is 34.1 Å². The Kier molecular flexibility index (Phi) is 5.07. The molecule has 1 aromatic rings. The Morgan fingerprint density at radius 3 is 2.68 bits per heavy atom. The van der Waals surface area contributed by atoms with E-state index >= 15 is 0 Å². The van der Waals surface area contributed by atoms with Crippen LogP contribution in [0.3, 0.4) is 0 Å². The lowest BCUT2D eigenvalue weighted by Gasteiger charge is -2.14. The van der Waals surface area contributed by atoms with Gasteiger partial charge in [0.25, 0.3) is 0 Å². The van der Waals surface area contributed by atoms with E-state index in [4.69, 9.17) is 0 Å². The summed E-state index contributed by atoms with van der Waals surface area (Å²) >= 11 is 3.43. The van der Waals surface area contributed by atoms with Gasteiger partial charge in [-0.3, -0.25) is 0 Å². The van der Waals surface area contributed by atoms with Crippen LogP contribution in [-0.4, -0.2) is 19.5 Å². The summed E-state index contributed by atoms with van der Waals surface area (Å²) in [5, 5.41) is 0.755. The van der Waals surface area contributed by atoms with Gasteiger partial charge in [0, 0.05) is 5.33 Å². The lowest BCUT2D eigenvalue weighted by atomic mass is 10.1. The summed E-state index contributed by atoms with van der Waals surface area (Å²) in [6.07, 6.45) is 5.25. The summed E-state index contributed by atoms with van der Waals surface area (Å²) in [5.74, 6) is 0.466. The van der Waals surface area contributed by atoms with Gasteiger partial charge in [0.15, 0.2) is 9.84 Å². The van der Waals surface area contributed by atoms with Gasteiger partial charge in [-0.15, -0.1) is 0 Å². The van der Waals surface area contributed by atoms with E-state index in [1.165, 1.54) is 11.1 Å². The Balaban J connectivity index is 2.19. The van der Waals surface area contributed by atoms with Crippen LogP contribution in [0.5, 0.6) is 0 Å². The summed E-state index contributed by atoms with van der Waals surface area (Å²) in [6, 6.07) is 5.68. The zero-order chi connectivity index (χ0) is 13.9. The molecule has 0 bridgehead atoms. The highest BCUT2D eigenvalue weighted by atomic mass is 79.9. The van der Waals surface area contributed by atoms with Gasteiger partial charge < -0.3 is 0 Å². The Bertz CT molecular complexity index is 537. The van der Waals surface area contributed by atoms with E-state index < -0.39 is 9.84 Å². The van der Waals surface area contributed by atoms with E-state index in [1.54, 1.807) is 6.07 Å². The number of alkyl halides is 1. The van der Waals surface area contributed by atoms with E-state index in [0.717, 1.165) is 37.4 Å². The van der Waals surface area contributed by atoms with Gasteiger partial charge in [-0.25, -0.2) is 8.42 Å². The highest BCUT2D eigenvalue weighted by Gasteiger charge is 2.22. The lowest BCUT2D eigenvalue weighted by molar-refractivity contribution is 0.552. The van der Waals surface area contributed by atoms with Crippen molar-refractivity contribution in [2.24, 2.45) is 5.92 Å². The lowest BCUT2D eigenvalue weighted by Crippen LogP contribution is -2.17. The highest BCUT2D eigenvalue weighted by Crippen LogP contribution is 2.26. The Hall–Kier alpha value is -0.350. The molecule has 0 aromatic heterocycles. The molecule has 2 nitrogen and oxygen atoms in total. The summed E-state index contributed by atoms with van der Waals surface area (Å²) in [5.41, 5.74) is 2.55.